The predicted octanol–water partition coefficient (Wildman–Crippen LogP) is 1.52. The van der Waals surface area contributed by atoms with Crippen molar-refractivity contribution in [2.75, 3.05) is 7.05 Å². The molecule has 2 rings (SSSR count). The lowest BCUT2D eigenvalue weighted by molar-refractivity contribution is 0.475. The SMILES string of the molecule is CNC(C)c1nncc(-c2ccc(O)cc2)n1. The van der Waals surface area contributed by atoms with Crippen molar-refractivity contribution >= 4 is 0 Å². The summed E-state index contributed by atoms with van der Waals surface area (Å²) in [5, 5.41) is 20.2. The van der Waals surface area contributed by atoms with Crippen molar-refractivity contribution in [1.82, 2.24) is 20.5 Å². The molecule has 1 atom stereocenters. The molecule has 0 amide bonds. The van der Waals surface area contributed by atoms with E-state index in [0.717, 1.165) is 11.3 Å². The fraction of sp³-hybridized carbons (Fsp3) is 0.250. The number of aromatic hydroxyl groups is 1. The third-order valence-corrected chi connectivity index (χ3v) is 2.56. The second-order valence-electron chi connectivity index (χ2n) is 3.76. The Morgan fingerprint density at radius 1 is 1.24 bits per heavy atom. The average Bonchev–Trinajstić information content (AvgIpc) is 2.39. The van der Waals surface area contributed by atoms with Gasteiger partial charge in [0.25, 0.3) is 0 Å². The lowest BCUT2D eigenvalue weighted by atomic mass is 10.1. The molecule has 5 heteroatoms. The summed E-state index contributed by atoms with van der Waals surface area (Å²) in [5.74, 6) is 0.887. The lowest BCUT2D eigenvalue weighted by Gasteiger charge is -2.08. The fourth-order valence-corrected chi connectivity index (χ4v) is 1.40. The molecule has 2 aromatic rings. The van der Waals surface area contributed by atoms with Gasteiger partial charge in [-0.3, -0.25) is 0 Å². The van der Waals surface area contributed by atoms with E-state index >= 15 is 0 Å². The van der Waals surface area contributed by atoms with E-state index in [1.807, 2.05) is 14.0 Å². The van der Waals surface area contributed by atoms with Crippen molar-refractivity contribution in [1.29, 1.82) is 0 Å². The van der Waals surface area contributed by atoms with E-state index in [4.69, 9.17) is 0 Å². The molecule has 0 spiro atoms. The van der Waals surface area contributed by atoms with Gasteiger partial charge in [-0.25, -0.2) is 4.98 Å². The van der Waals surface area contributed by atoms with Crippen LogP contribution in [-0.4, -0.2) is 27.3 Å². The molecule has 0 fully saturated rings. The van der Waals surface area contributed by atoms with Crippen LogP contribution < -0.4 is 5.32 Å². The van der Waals surface area contributed by atoms with Gasteiger partial charge in [0.2, 0.25) is 0 Å². The molecule has 0 radical (unpaired) electrons. The maximum Gasteiger partial charge on any atom is 0.168 e. The van der Waals surface area contributed by atoms with Crippen LogP contribution in [0.3, 0.4) is 0 Å². The summed E-state index contributed by atoms with van der Waals surface area (Å²) in [5.41, 5.74) is 1.65. The normalized spacial score (nSPS) is 12.4. The largest absolute Gasteiger partial charge is 0.508 e. The predicted molar refractivity (Wildman–Crippen MR) is 64.4 cm³/mol. The van der Waals surface area contributed by atoms with Crippen LogP contribution in [0.4, 0.5) is 0 Å². The number of phenolic OH excluding ortho intramolecular Hbond substituents is 1. The van der Waals surface area contributed by atoms with E-state index in [2.05, 4.69) is 20.5 Å². The zero-order chi connectivity index (χ0) is 12.3. The second kappa shape index (κ2) is 4.88. The molecule has 0 bridgehead atoms. The standard InChI is InChI=1S/C12H14N4O/c1-8(13-2)12-15-11(7-14-16-12)9-3-5-10(17)6-4-9/h3-8,13,17H,1-2H3. The minimum atomic E-state index is 0.0552. The number of nitrogens with zero attached hydrogens (tertiary/aromatic N) is 3. The van der Waals surface area contributed by atoms with E-state index < -0.39 is 0 Å². The Kier molecular flexibility index (Phi) is 3.30. The van der Waals surface area contributed by atoms with Crippen molar-refractivity contribution in [2.24, 2.45) is 0 Å². The van der Waals surface area contributed by atoms with Crippen LogP contribution in [-0.2, 0) is 0 Å². The van der Waals surface area contributed by atoms with Crippen LogP contribution >= 0.6 is 0 Å². The third-order valence-electron chi connectivity index (χ3n) is 2.56. The first-order chi connectivity index (χ1) is 8.20. The molecule has 88 valence electrons. The lowest BCUT2D eigenvalue weighted by Crippen LogP contribution is -2.16. The van der Waals surface area contributed by atoms with Gasteiger partial charge in [0.05, 0.1) is 17.9 Å². The summed E-state index contributed by atoms with van der Waals surface area (Å²) in [6, 6.07) is 6.90. The maximum absolute atomic E-state index is 9.23. The third kappa shape index (κ3) is 2.57. The molecule has 1 aromatic carbocycles. The number of benzene rings is 1. The molecule has 0 aliphatic carbocycles. The van der Waals surface area contributed by atoms with Gasteiger partial charge in [0, 0.05) is 5.56 Å². The Morgan fingerprint density at radius 2 is 1.94 bits per heavy atom. The Balaban J connectivity index is 2.36. The van der Waals surface area contributed by atoms with Crippen molar-refractivity contribution in [3.05, 3.63) is 36.3 Å². The molecule has 17 heavy (non-hydrogen) atoms. The minimum absolute atomic E-state index is 0.0552. The van der Waals surface area contributed by atoms with Crippen LogP contribution in [0.5, 0.6) is 5.75 Å². The van der Waals surface area contributed by atoms with Gasteiger partial charge in [0.1, 0.15) is 5.75 Å². The van der Waals surface area contributed by atoms with E-state index in [9.17, 15) is 5.11 Å². The van der Waals surface area contributed by atoms with Crippen LogP contribution in [0.15, 0.2) is 30.5 Å². The van der Waals surface area contributed by atoms with Crippen molar-refractivity contribution in [2.45, 2.75) is 13.0 Å². The highest BCUT2D eigenvalue weighted by molar-refractivity contribution is 5.58. The molecule has 0 saturated heterocycles. The number of rotatable bonds is 3. The number of phenols is 1. The summed E-state index contributed by atoms with van der Waals surface area (Å²) < 4.78 is 0. The summed E-state index contributed by atoms with van der Waals surface area (Å²) >= 11 is 0. The van der Waals surface area contributed by atoms with E-state index in [1.54, 1.807) is 30.5 Å². The fourth-order valence-electron chi connectivity index (χ4n) is 1.40. The van der Waals surface area contributed by atoms with Crippen LogP contribution in [0.1, 0.15) is 18.8 Å². The Morgan fingerprint density at radius 3 is 2.59 bits per heavy atom. The molecule has 0 saturated carbocycles. The zero-order valence-electron chi connectivity index (χ0n) is 9.75. The molecular weight excluding hydrogens is 216 g/mol. The molecule has 5 nitrogen and oxygen atoms in total. The molecule has 1 aromatic heterocycles. The first-order valence-electron chi connectivity index (χ1n) is 5.37. The van der Waals surface area contributed by atoms with Crippen molar-refractivity contribution < 1.29 is 5.11 Å². The first-order valence-corrected chi connectivity index (χ1v) is 5.37. The molecule has 1 heterocycles. The van der Waals surface area contributed by atoms with Crippen LogP contribution in [0.2, 0.25) is 0 Å². The molecule has 0 aliphatic heterocycles. The van der Waals surface area contributed by atoms with E-state index in [-0.39, 0.29) is 11.8 Å². The number of nitrogens with one attached hydrogen (secondary N) is 1. The Hall–Kier alpha value is -2.01. The van der Waals surface area contributed by atoms with Crippen LogP contribution in [0.25, 0.3) is 11.3 Å². The van der Waals surface area contributed by atoms with Gasteiger partial charge in [-0.1, -0.05) is 0 Å². The van der Waals surface area contributed by atoms with E-state index in [1.165, 1.54) is 0 Å². The smallest absolute Gasteiger partial charge is 0.168 e. The zero-order valence-corrected chi connectivity index (χ0v) is 9.75. The monoisotopic (exact) mass is 230 g/mol. The first kappa shape index (κ1) is 11.5. The summed E-state index contributed by atoms with van der Waals surface area (Å²) in [6.07, 6.45) is 1.61. The van der Waals surface area contributed by atoms with Crippen LogP contribution in [0, 0.1) is 0 Å². The van der Waals surface area contributed by atoms with Crippen molar-refractivity contribution in [3.63, 3.8) is 0 Å². The highest BCUT2D eigenvalue weighted by Crippen LogP contribution is 2.19. The second-order valence-corrected chi connectivity index (χ2v) is 3.76. The minimum Gasteiger partial charge on any atom is -0.508 e. The van der Waals surface area contributed by atoms with Gasteiger partial charge >= 0.3 is 0 Å². The molecule has 2 N–H and O–H groups in total. The summed E-state index contributed by atoms with van der Waals surface area (Å²) in [4.78, 5) is 4.43. The van der Waals surface area contributed by atoms with E-state index in [0.29, 0.717) is 5.82 Å². The molecule has 0 aliphatic rings. The summed E-state index contributed by atoms with van der Waals surface area (Å²) in [6.45, 7) is 1.97. The molecule has 1 unspecified atom stereocenters. The highest BCUT2D eigenvalue weighted by Gasteiger charge is 2.08. The van der Waals surface area contributed by atoms with Gasteiger partial charge in [0.15, 0.2) is 5.82 Å². The quantitative estimate of drug-likeness (QED) is 0.836. The van der Waals surface area contributed by atoms with Gasteiger partial charge < -0.3 is 10.4 Å². The van der Waals surface area contributed by atoms with Gasteiger partial charge in [-0.2, -0.15) is 5.10 Å². The number of aromatic nitrogens is 3. The summed E-state index contributed by atoms with van der Waals surface area (Å²) in [7, 11) is 1.85. The number of hydrogen-bond donors (Lipinski definition) is 2. The molecular formula is C12H14N4O. The van der Waals surface area contributed by atoms with Crippen molar-refractivity contribution in [3.8, 4) is 17.0 Å². The topological polar surface area (TPSA) is 70.9 Å². The maximum atomic E-state index is 9.23. The number of hydrogen-bond acceptors (Lipinski definition) is 5. The van der Waals surface area contributed by atoms with Gasteiger partial charge in [-0.05, 0) is 38.2 Å². The van der Waals surface area contributed by atoms with Gasteiger partial charge in [-0.15, -0.1) is 5.10 Å². The highest BCUT2D eigenvalue weighted by atomic mass is 16.3. The average molecular weight is 230 g/mol. The Bertz CT molecular complexity index is 498. The Labute approximate surface area is 99.6 Å².